The quantitative estimate of drug-likeness (QED) is 0.319. The Labute approximate surface area is 189 Å². The van der Waals surface area contributed by atoms with Gasteiger partial charge in [0.25, 0.3) is 5.91 Å². The molecular formula is C20H24N4O6S2. The molecule has 0 saturated heterocycles. The number of aromatic nitrogens is 2. The van der Waals surface area contributed by atoms with Crippen LogP contribution in [0.4, 0.5) is 4.79 Å². The highest BCUT2D eigenvalue weighted by atomic mass is 32.2. The number of nitrogens with one attached hydrogen (secondary N) is 1. The number of hydrogen-bond donors (Lipinski definition) is 3. The topological polar surface area (TPSA) is 142 Å². The van der Waals surface area contributed by atoms with Gasteiger partial charge in [-0.3, -0.25) is 14.6 Å². The maximum Gasteiger partial charge on any atom is 0.328 e. The SMILES string of the molecule is CC(C)(O)c1ncc(C#Cc2cc3n(c2)C(=O)N(CC[C@](C)(C(=O)NO)S(C)(=O)=O)C3)s1. The molecule has 0 aliphatic carbocycles. The lowest BCUT2D eigenvalue weighted by molar-refractivity contribution is -0.131. The van der Waals surface area contributed by atoms with Crippen molar-refractivity contribution in [3.8, 4) is 11.8 Å². The second-order valence-corrected chi connectivity index (χ2v) is 11.8. The third-order valence-electron chi connectivity index (χ3n) is 5.35. The van der Waals surface area contributed by atoms with Crippen LogP contribution in [0.3, 0.4) is 0 Å². The monoisotopic (exact) mass is 480 g/mol. The van der Waals surface area contributed by atoms with Crippen molar-refractivity contribution in [2.45, 2.75) is 44.1 Å². The van der Waals surface area contributed by atoms with E-state index < -0.39 is 26.1 Å². The van der Waals surface area contributed by atoms with Gasteiger partial charge < -0.3 is 10.0 Å². The molecule has 3 N–H and O–H groups in total. The molecule has 0 unspecified atom stereocenters. The lowest BCUT2D eigenvalue weighted by Gasteiger charge is -2.27. The molecular weight excluding hydrogens is 456 g/mol. The number of aliphatic hydroxyl groups is 1. The van der Waals surface area contributed by atoms with Crippen molar-refractivity contribution in [3.63, 3.8) is 0 Å². The molecule has 1 aliphatic rings. The van der Waals surface area contributed by atoms with Gasteiger partial charge in [-0.05, 0) is 39.2 Å². The van der Waals surface area contributed by atoms with Gasteiger partial charge in [-0.15, -0.1) is 11.3 Å². The van der Waals surface area contributed by atoms with E-state index in [0.29, 0.717) is 21.1 Å². The van der Waals surface area contributed by atoms with E-state index in [-0.39, 0.29) is 25.5 Å². The summed E-state index contributed by atoms with van der Waals surface area (Å²) in [6.07, 6.45) is 3.92. The number of hydrogen-bond acceptors (Lipinski definition) is 8. The van der Waals surface area contributed by atoms with E-state index >= 15 is 0 Å². The molecule has 2 aromatic rings. The molecule has 0 saturated carbocycles. The minimum Gasteiger partial charge on any atom is -0.383 e. The molecule has 0 bridgehead atoms. The molecule has 0 aromatic carbocycles. The van der Waals surface area contributed by atoms with Crippen LogP contribution in [0.2, 0.25) is 0 Å². The van der Waals surface area contributed by atoms with Gasteiger partial charge in [0.05, 0.1) is 17.6 Å². The number of carbonyl (C=O) groups excluding carboxylic acids is 2. The Morgan fingerprint density at radius 3 is 2.56 bits per heavy atom. The van der Waals surface area contributed by atoms with E-state index in [1.54, 1.807) is 32.3 Å². The Morgan fingerprint density at radius 2 is 2.03 bits per heavy atom. The van der Waals surface area contributed by atoms with Crippen molar-refractivity contribution in [2.24, 2.45) is 0 Å². The van der Waals surface area contributed by atoms with E-state index in [1.165, 1.54) is 33.2 Å². The van der Waals surface area contributed by atoms with Crippen molar-refractivity contribution in [1.82, 2.24) is 19.9 Å². The summed E-state index contributed by atoms with van der Waals surface area (Å²) in [5.74, 6) is 4.91. The van der Waals surface area contributed by atoms with Gasteiger partial charge in [0.1, 0.15) is 10.6 Å². The number of nitrogens with zero attached hydrogens (tertiary/aromatic N) is 3. The average molecular weight is 481 g/mol. The van der Waals surface area contributed by atoms with E-state index in [2.05, 4.69) is 16.8 Å². The van der Waals surface area contributed by atoms with Gasteiger partial charge >= 0.3 is 6.03 Å². The number of thiazole rings is 1. The molecule has 0 spiro atoms. The van der Waals surface area contributed by atoms with E-state index in [4.69, 9.17) is 5.21 Å². The van der Waals surface area contributed by atoms with Gasteiger partial charge in [-0.2, -0.15) is 0 Å². The predicted octanol–water partition coefficient (Wildman–Crippen LogP) is 1.05. The van der Waals surface area contributed by atoms with E-state index in [1.807, 2.05) is 0 Å². The molecule has 1 aliphatic heterocycles. The highest BCUT2D eigenvalue weighted by Gasteiger charge is 2.44. The highest BCUT2D eigenvalue weighted by Crippen LogP contribution is 2.26. The first kappa shape index (κ1) is 23.9. The molecule has 10 nitrogen and oxygen atoms in total. The Balaban J connectivity index is 1.71. The first-order valence-electron chi connectivity index (χ1n) is 9.61. The summed E-state index contributed by atoms with van der Waals surface area (Å²) in [7, 11) is -3.84. The fourth-order valence-corrected chi connectivity index (χ4v) is 4.76. The smallest absolute Gasteiger partial charge is 0.328 e. The van der Waals surface area contributed by atoms with Crippen LogP contribution < -0.4 is 5.48 Å². The predicted molar refractivity (Wildman–Crippen MR) is 117 cm³/mol. The Kier molecular flexibility index (Phi) is 6.23. The average Bonchev–Trinajstić information content (AvgIpc) is 3.39. The van der Waals surface area contributed by atoms with Crippen LogP contribution >= 0.6 is 11.3 Å². The Hall–Kier alpha value is -2.72. The molecule has 12 heteroatoms. The van der Waals surface area contributed by atoms with Gasteiger partial charge in [0.15, 0.2) is 14.6 Å². The first-order valence-corrected chi connectivity index (χ1v) is 12.3. The second kappa shape index (κ2) is 8.32. The molecule has 2 amide bonds. The van der Waals surface area contributed by atoms with E-state index in [0.717, 1.165) is 6.26 Å². The summed E-state index contributed by atoms with van der Waals surface area (Å²) in [4.78, 5) is 30.9. The molecule has 3 rings (SSSR count). The summed E-state index contributed by atoms with van der Waals surface area (Å²) in [5.41, 5.74) is 1.68. The largest absolute Gasteiger partial charge is 0.383 e. The summed E-state index contributed by atoms with van der Waals surface area (Å²) in [6.45, 7) is 4.76. The van der Waals surface area contributed by atoms with Gasteiger partial charge in [0.2, 0.25) is 0 Å². The van der Waals surface area contributed by atoms with Crippen LogP contribution in [-0.4, -0.2) is 62.7 Å². The third kappa shape index (κ3) is 4.56. The van der Waals surface area contributed by atoms with Crippen LogP contribution in [0.25, 0.3) is 0 Å². The van der Waals surface area contributed by atoms with Crippen molar-refractivity contribution in [1.29, 1.82) is 0 Å². The van der Waals surface area contributed by atoms with Crippen LogP contribution in [-0.2, 0) is 26.8 Å². The Bertz CT molecular complexity index is 1230. The number of sulfone groups is 1. The molecule has 0 radical (unpaired) electrons. The van der Waals surface area contributed by atoms with Crippen molar-refractivity contribution < 1.29 is 28.3 Å². The number of rotatable bonds is 6. The zero-order valence-corrected chi connectivity index (χ0v) is 19.7. The van der Waals surface area contributed by atoms with Crippen molar-refractivity contribution in [3.05, 3.63) is 39.6 Å². The maximum atomic E-state index is 12.7. The number of amides is 2. The number of carbonyl (C=O) groups is 2. The summed E-state index contributed by atoms with van der Waals surface area (Å²) in [5, 5.41) is 19.5. The maximum absolute atomic E-state index is 12.7. The lowest BCUT2D eigenvalue weighted by atomic mass is 10.1. The fourth-order valence-electron chi connectivity index (χ4n) is 3.15. The van der Waals surface area contributed by atoms with Crippen LogP contribution in [0, 0.1) is 11.8 Å². The summed E-state index contributed by atoms with van der Waals surface area (Å²) < 4.78 is 23.7. The minimum absolute atomic E-state index is 0.0130. The second-order valence-electron chi connectivity index (χ2n) is 8.33. The van der Waals surface area contributed by atoms with E-state index in [9.17, 15) is 23.1 Å². The summed E-state index contributed by atoms with van der Waals surface area (Å²) >= 11 is 1.29. The highest BCUT2D eigenvalue weighted by molar-refractivity contribution is 7.92. The molecule has 3 heterocycles. The van der Waals surface area contributed by atoms with Gasteiger partial charge in [-0.1, -0.05) is 5.92 Å². The molecule has 2 aromatic heterocycles. The summed E-state index contributed by atoms with van der Waals surface area (Å²) in [6, 6.07) is 1.41. The molecule has 32 heavy (non-hydrogen) atoms. The standard InChI is InChI=1S/C20H24N4O6S2/c1-19(2,27)17-21-10-15(31-17)6-5-13-9-14-12-23(18(26)24(14)11-13)8-7-20(3,16(25)22-28)32(4,29)30/h9-11,27-28H,7-8,12H2,1-4H3,(H,22,25)/t20-/m1/s1. The lowest BCUT2D eigenvalue weighted by Crippen LogP contribution is -2.50. The zero-order valence-electron chi connectivity index (χ0n) is 18.0. The van der Waals surface area contributed by atoms with Crippen LogP contribution in [0.15, 0.2) is 18.5 Å². The first-order chi connectivity index (χ1) is 14.8. The molecule has 1 atom stereocenters. The number of fused-ring (bicyclic) bond motifs is 1. The fraction of sp³-hybridized carbons (Fsp3) is 0.450. The molecule has 172 valence electrons. The third-order valence-corrected chi connectivity index (χ3v) is 8.60. The van der Waals surface area contributed by atoms with Gasteiger partial charge in [-0.25, -0.2) is 23.7 Å². The van der Waals surface area contributed by atoms with Crippen LogP contribution in [0.5, 0.6) is 0 Å². The van der Waals surface area contributed by atoms with Crippen molar-refractivity contribution in [2.75, 3.05) is 12.8 Å². The molecule has 0 fully saturated rings. The number of hydroxylamine groups is 1. The Morgan fingerprint density at radius 1 is 1.34 bits per heavy atom. The van der Waals surface area contributed by atoms with Gasteiger partial charge in [0, 0.05) is 30.3 Å². The van der Waals surface area contributed by atoms with Crippen molar-refractivity contribution >= 4 is 33.1 Å². The normalized spacial score (nSPS) is 15.7. The minimum atomic E-state index is -3.84. The zero-order chi connectivity index (χ0) is 23.9. The van der Waals surface area contributed by atoms with Crippen LogP contribution in [0.1, 0.15) is 48.3 Å².